The minimum absolute atomic E-state index is 0.271. The Morgan fingerprint density at radius 1 is 1.35 bits per heavy atom. The number of aryl methyl sites for hydroxylation is 1. The second kappa shape index (κ2) is 6.13. The van der Waals surface area contributed by atoms with Crippen molar-refractivity contribution in [3.8, 4) is 0 Å². The second-order valence-corrected chi connectivity index (χ2v) is 6.94. The summed E-state index contributed by atoms with van der Waals surface area (Å²) in [7, 11) is 0. The first-order chi connectivity index (χ1) is 11.3. The number of hydrogen-bond acceptors (Lipinski definition) is 3. The molecule has 2 N–H and O–H groups in total. The van der Waals surface area contributed by atoms with Gasteiger partial charge in [-0.25, -0.2) is 15.1 Å². The van der Waals surface area contributed by atoms with Gasteiger partial charge in [-0.2, -0.15) is 0 Å². The van der Waals surface area contributed by atoms with E-state index in [1.807, 2.05) is 0 Å². The molecule has 3 atom stereocenters. The van der Waals surface area contributed by atoms with E-state index < -0.39 is 0 Å². The third-order valence-electron chi connectivity index (χ3n) is 5.56. The van der Waals surface area contributed by atoms with Gasteiger partial charge in [0, 0.05) is 25.0 Å². The Morgan fingerprint density at radius 2 is 2.26 bits per heavy atom. The van der Waals surface area contributed by atoms with Crippen LogP contribution < -0.4 is 10.8 Å². The van der Waals surface area contributed by atoms with Gasteiger partial charge in [0.25, 0.3) is 0 Å². The zero-order chi connectivity index (χ0) is 15.7. The monoisotopic (exact) mass is 316 g/mol. The minimum Gasteiger partial charge on any atom is -0.350 e. The molecule has 0 unspecified atom stereocenters. The van der Waals surface area contributed by atoms with Gasteiger partial charge in [-0.1, -0.05) is 24.3 Å². The van der Waals surface area contributed by atoms with E-state index in [2.05, 4.69) is 35.1 Å². The van der Waals surface area contributed by atoms with Gasteiger partial charge in [0.1, 0.15) is 0 Å². The van der Waals surface area contributed by atoms with Crippen molar-refractivity contribution in [3.63, 3.8) is 0 Å². The molecule has 2 fully saturated rings. The maximum absolute atomic E-state index is 11.9. The van der Waals surface area contributed by atoms with Crippen LogP contribution in [-0.4, -0.2) is 25.5 Å². The molecule has 0 radical (unpaired) electrons. The molecule has 1 aromatic rings. The highest BCUT2D eigenvalue weighted by Gasteiger charge is 2.57. The van der Waals surface area contributed by atoms with E-state index in [0.717, 1.165) is 19.3 Å². The molecule has 3 aliphatic rings. The topological polar surface area (TPSA) is 59.6 Å². The molecule has 2 aliphatic carbocycles. The van der Waals surface area contributed by atoms with Gasteiger partial charge in [0.15, 0.2) is 6.29 Å². The van der Waals surface area contributed by atoms with E-state index in [0.29, 0.717) is 24.5 Å². The Labute approximate surface area is 136 Å². The van der Waals surface area contributed by atoms with E-state index >= 15 is 0 Å². The molecule has 1 aromatic carbocycles. The molecule has 0 bridgehead atoms. The summed E-state index contributed by atoms with van der Waals surface area (Å²) in [4.78, 5) is 17.2. The number of rotatable bonds is 4. The number of benzene rings is 1. The third-order valence-corrected chi connectivity index (χ3v) is 5.56. The molecule has 4 rings (SSSR count). The maximum atomic E-state index is 11.9. The van der Waals surface area contributed by atoms with Crippen LogP contribution in [0.1, 0.15) is 43.2 Å². The van der Waals surface area contributed by atoms with Gasteiger partial charge in [0.05, 0.1) is 0 Å². The van der Waals surface area contributed by atoms with Crippen molar-refractivity contribution in [1.29, 1.82) is 0 Å². The Hall–Kier alpha value is -1.59. The van der Waals surface area contributed by atoms with Crippen LogP contribution in [0, 0.1) is 5.92 Å². The molecule has 1 saturated carbocycles. The zero-order valence-corrected chi connectivity index (χ0v) is 13.3. The molecule has 23 heavy (non-hydrogen) atoms. The summed E-state index contributed by atoms with van der Waals surface area (Å²) in [6.07, 6.45) is 6.24. The number of hydrogen-bond donors (Lipinski definition) is 2. The largest absolute Gasteiger partial charge is 0.350 e. The number of carbonyl (C=O) groups excluding carboxylic acids is 1. The lowest BCUT2D eigenvalue weighted by atomic mass is 9.95. The smallest absolute Gasteiger partial charge is 0.338 e. The van der Waals surface area contributed by atoms with Crippen LogP contribution in [0.15, 0.2) is 24.3 Å². The summed E-state index contributed by atoms with van der Waals surface area (Å²) in [5.41, 5.74) is 5.76. The summed E-state index contributed by atoms with van der Waals surface area (Å²) in [6, 6.07) is 8.46. The van der Waals surface area contributed by atoms with E-state index in [9.17, 15) is 4.79 Å². The van der Waals surface area contributed by atoms with Crippen LogP contribution in [0.2, 0.25) is 0 Å². The number of urea groups is 1. The number of ether oxygens (including phenoxy) is 1. The first-order valence-corrected chi connectivity index (χ1v) is 8.67. The normalized spacial score (nSPS) is 31.7. The van der Waals surface area contributed by atoms with Crippen molar-refractivity contribution in [2.45, 2.75) is 50.2 Å². The van der Waals surface area contributed by atoms with Gasteiger partial charge in [-0.15, -0.1) is 0 Å². The summed E-state index contributed by atoms with van der Waals surface area (Å²) in [5, 5.41) is 2.94. The van der Waals surface area contributed by atoms with Crippen LogP contribution in [0.25, 0.3) is 0 Å². The van der Waals surface area contributed by atoms with E-state index in [-0.39, 0.29) is 12.3 Å². The lowest BCUT2D eigenvalue weighted by molar-refractivity contribution is -0.186. The SMILES string of the molecule is O=C(NC[C@@H]1C[C@]12CCc1ccccc12)NO[C@H]1CCCCO1. The highest BCUT2D eigenvalue weighted by molar-refractivity contribution is 5.72. The predicted molar refractivity (Wildman–Crippen MR) is 85.8 cm³/mol. The van der Waals surface area contributed by atoms with Gasteiger partial charge >= 0.3 is 6.03 Å². The van der Waals surface area contributed by atoms with Crippen LogP contribution in [-0.2, 0) is 21.4 Å². The van der Waals surface area contributed by atoms with E-state index in [1.165, 1.54) is 30.4 Å². The lowest BCUT2D eigenvalue weighted by Crippen LogP contribution is -2.40. The van der Waals surface area contributed by atoms with Crippen LogP contribution >= 0.6 is 0 Å². The number of fused-ring (bicyclic) bond motifs is 2. The highest BCUT2D eigenvalue weighted by atomic mass is 16.8. The maximum Gasteiger partial charge on any atom is 0.338 e. The van der Waals surface area contributed by atoms with Gasteiger partial charge in [0.2, 0.25) is 0 Å². The Bertz CT molecular complexity index is 585. The molecule has 1 aliphatic heterocycles. The molecule has 1 saturated heterocycles. The summed E-state index contributed by atoms with van der Waals surface area (Å²) < 4.78 is 5.42. The van der Waals surface area contributed by atoms with Crippen molar-refractivity contribution < 1.29 is 14.4 Å². The average Bonchev–Trinajstić information content (AvgIpc) is 3.19. The Balaban J connectivity index is 1.23. The molecule has 124 valence electrons. The van der Waals surface area contributed by atoms with Crippen LogP contribution in [0.3, 0.4) is 0 Å². The van der Waals surface area contributed by atoms with Crippen molar-refractivity contribution >= 4 is 6.03 Å². The average molecular weight is 316 g/mol. The zero-order valence-electron chi connectivity index (χ0n) is 13.3. The van der Waals surface area contributed by atoms with Crippen molar-refractivity contribution in [2.75, 3.05) is 13.2 Å². The van der Waals surface area contributed by atoms with Crippen molar-refractivity contribution in [3.05, 3.63) is 35.4 Å². The second-order valence-electron chi connectivity index (χ2n) is 6.94. The molecule has 0 aromatic heterocycles. The first-order valence-electron chi connectivity index (χ1n) is 8.67. The number of amides is 2. The fourth-order valence-corrected chi connectivity index (χ4v) is 4.18. The van der Waals surface area contributed by atoms with Crippen molar-refractivity contribution in [1.82, 2.24) is 10.8 Å². The molecule has 5 heteroatoms. The van der Waals surface area contributed by atoms with E-state index in [1.54, 1.807) is 0 Å². The summed E-state index contributed by atoms with van der Waals surface area (Å²) in [5.74, 6) is 0.544. The standard InChI is InChI=1S/C18H24N2O3/c21-17(20-23-16-7-3-4-10-22-16)19-12-14-11-18(14)9-8-13-5-1-2-6-15(13)18/h1-2,5-6,14,16H,3-4,7-12H2,(H2,19,20,21)/t14-,16-,18+/m0/s1. The van der Waals surface area contributed by atoms with Crippen LogP contribution in [0.4, 0.5) is 4.79 Å². The van der Waals surface area contributed by atoms with Crippen LogP contribution in [0.5, 0.6) is 0 Å². The summed E-state index contributed by atoms with van der Waals surface area (Å²) in [6.45, 7) is 1.41. The van der Waals surface area contributed by atoms with Gasteiger partial charge < -0.3 is 10.1 Å². The number of carbonyl (C=O) groups is 1. The van der Waals surface area contributed by atoms with Gasteiger partial charge in [-0.3, -0.25) is 0 Å². The molecule has 2 amide bonds. The van der Waals surface area contributed by atoms with Crippen molar-refractivity contribution in [2.24, 2.45) is 5.92 Å². The predicted octanol–water partition coefficient (Wildman–Crippen LogP) is 2.65. The molecular formula is C18H24N2O3. The number of hydroxylamine groups is 1. The van der Waals surface area contributed by atoms with Gasteiger partial charge in [-0.05, 0) is 49.1 Å². The Morgan fingerprint density at radius 3 is 3.13 bits per heavy atom. The fraction of sp³-hybridized carbons (Fsp3) is 0.611. The first kappa shape index (κ1) is 15.0. The highest BCUT2D eigenvalue weighted by Crippen LogP contribution is 2.61. The third kappa shape index (κ3) is 2.95. The summed E-state index contributed by atoms with van der Waals surface area (Å²) >= 11 is 0. The molecule has 5 nitrogen and oxygen atoms in total. The minimum atomic E-state index is -0.302. The molecule has 1 heterocycles. The Kier molecular flexibility index (Phi) is 3.99. The molecule has 1 spiro atoms. The quantitative estimate of drug-likeness (QED) is 0.840. The fourth-order valence-electron chi connectivity index (χ4n) is 4.18. The molecular weight excluding hydrogens is 292 g/mol. The lowest BCUT2D eigenvalue weighted by Gasteiger charge is -2.22. The number of nitrogens with one attached hydrogen (secondary N) is 2. The van der Waals surface area contributed by atoms with E-state index in [4.69, 9.17) is 9.57 Å².